The lowest BCUT2D eigenvalue weighted by Crippen LogP contribution is -2.17. The first-order valence-corrected chi connectivity index (χ1v) is 5.89. The molecule has 0 aromatic heterocycles. The second kappa shape index (κ2) is 4.86. The van der Waals surface area contributed by atoms with Crippen LogP contribution in [0.25, 0.3) is 0 Å². The summed E-state index contributed by atoms with van der Waals surface area (Å²) in [4.78, 5) is 0. The Balaban J connectivity index is 2.30. The number of nitrogens with two attached hydrogens (primary N) is 1. The molecule has 0 radical (unpaired) electrons. The van der Waals surface area contributed by atoms with E-state index in [1.54, 1.807) is 0 Å². The van der Waals surface area contributed by atoms with Crippen LogP contribution in [0.1, 0.15) is 12.0 Å². The summed E-state index contributed by atoms with van der Waals surface area (Å²) in [5.74, 6) is 1.71. The highest BCUT2D eigenvalue weighted by Gasteiger charge is 2.18. The molecule has 0 saturated heterocycles. The van der Waals surface area contributed by atoms with Crippen LogP contribution in [-0.4, -0.2) is 19.8 Å². The normalized spacial score (nSPS) is 14.0. The molecule has 4 heteroatoms. The molecule has 1 heterocycles. The van der Waals surface area contributed by atoms with Crippen LogP contribution in [0.2, 0.25) is 0 Å². The first kappa shape index (κ1) is 10.8. The lowest BCUT2D eigenvalue weighted by atomic mass is 10.1. The van der Waals surface area contributed by atoms with Crippen molar-refractivity contribution in [3.63, 3.8) is 0 Å². The molecule has 1 aromatic rings. The predicted octanol–water partition coefficient (Wildman–Crippen LogP) is 2.11. The van der Waals surface area contributed by atoms with Crippen LogP contribution in [0.15, 0.2) is 16.6 Å². The number of benzene rings is 1. The van der Waals surface area contributed by atoms with E-state index in [1.807, 2.05) is 6.07 Å². The fourth-order valence-electron chi connectivity index (χ4n) is 1.65. The molecule has 0 amide bonds. The van der Waals surface area contributed by atoms with Crippen molar-refractivity contribution in [1.82, 2.24) is 0 Å². The summed E-state index contributed by atoms with van der Waals surface area (Å²) in [6, 6.07) is 4.06. The van der Waals surface area contributed by atoms with E-state index in [0.29, 0.717) is 19.8 Å². The van der Waals surface area contributed by atoms with Crippen LogP contribution in [0.3, 0.4) is 0 Å². The number of hydrogen-bond donors (Lipinski definition) is 1. The van der Waals surface area contributed by atoms with Crippen molar-refractivity contribution in [2.45, 2.75) is 12.8 Å². The van der Waals surface area contributed by atoms with Crippen LogP contribution < -0.4 is 15.2 Å². The van der Waals surface area contributed by atoms with Gasteiger partial charge in [-0.2, -0.15) is 0 Å². The van der Waals surface area contributed by atoms with Crippen molar-refractivity contribution in [2.75, 3.05) is 19.8 Å². The first-order valence-electron chi connectivity index (χ1n) is 5.10. The van der Waals surface area contributed by atoms with Gasteiger partial charge < -0.3 is 15.2 Å². The molecule has 0 atom stereocenters. The number of fused-ring (bicyclic) bond motifs is 1. The maximum atomic E-state index is 5.64. The van der Waals surface area contributed by atoms with Gasteiger partial charge in [-0.05, 0) is 46.9 Å². The molecule has 1 aliphatic rings. The molecule has 0 unspecified atom stereocenters. The summed E-state index contributed by atoms with van der Waals surface area (Å²) in [6.45, 7) is 1.94. The minimum atomic E-state index is 0.617. The second-order valence-corrected chi connectivity index (χ2v) is 4.31. The second-order valence-electron chi connectivity index (χ2n) is 3.45. The maximum absolute atomic E-state index is 5.64. The van der Waals surface area contributed by atoms with Gasteiger partial charge in [0, 0.05) is 0 Å². The molecule has 2 rings (SSSR count). The van der Waals surface area contributed by atoms with Gasteiger partial charge >= 0.3 is 0 Å². The Hall–Kier alpha value is -0.740. The third kappa shape index (κ3) is 2.26. The smallest absolute Gasteiger partial charge is 0.175 e. The Morgan fingerprint density at radius 2 is 1.93 bits per heavy atom. The van der Waals surface area contributed by atoms with E-state index in [2.05, 4.69) is 22.0 Å². The fraction of sp³-hybridized carbons (Fsp3) is 0.455. The first-order chi connectivity index (χ1) is 7.33. The zero-order chi connectivity index (χ0) is 10.7. The molecule has 82 valence electrons. The van der Waals surface area contributed by atoms with Crippen LogP contribution in [0, 0.1) is 0 Å². The van der Waals surface area contributed by atoms with E-state index >= 15 is 0 Å². The van der Waals surface area contributed by atoms with Gasteiger partial charge in [0.05, 0.1) is 4.47 Å². The van der Waals surface area contributed by atoms with Gasteiger partial charge in [0.15, 0.2) is 11.5 Å². The van der Waals surface area contributed by atoms with Gasteiger partial charge in [-0.25, -0.2) is 0 Å². The van der Waals surface area contributed by atoms with Crippen molar-refractivity contribution in [3.05, 3.63) is 22.2 Å². The van der Waals surface area contributed by atoms with Gasteiger partial charge in [0.1, 0.15) is 13.2 Å². The van der Waals surface area contributed by atoms with Gasteiger partial charge in [0.2, 0.25) is 0 Å². The minimum Gasteiger partial charge on any atom is -0.486 e. The van der Waals surface area contributed by atoms with Gasteiger partial charge in [-0.3, -0.25) is 0 Å². The van der Waals surface area contributed by atoms with Crippen molar-refractivity contribution < 1.29 is 9.47 Å². The van der Waals surface area contributed by atoms with Gasteiger partial charge in [-0.15, -0.1) is 0 Å². The lowest BCUT2D eigenvalue weighted by molar-refractivity contribution is 0.168. The number of hydrogen-bond acceptors (Lipinski definition) is 3. The van der Waals surface area contributed by atoms with E-state index < -0.39 is 0 Å². The quantitative estimate of drug-likeness (QED) is 0.916. The molecule has 0 saturated carbocycles. The molecule has 0 bridgehead atoms. The highest BCUT2D eigenvalue weighted by Crippen LogP contribution is 2.40. The van der Waals surface area contributed by atoms with Crippen LogP contribution >= 0.6 is 15.9 Å². The van der Waals surface area contributed by atoms with Crippen molar-refractivity contribution >= 4 is 15.9 Å². The molecule has 15 heavy (non-hydrogen) atoms. The van der Waals surface area contributed by atoms with Crippen molar-refractivity contribution in [3.8, 4) is 11.5 Å². The largest absolute Gasteiger partial charge is 0.486 e. The Kier molecular flexibility index (Phi) is 3.49. The summed E-state index contributed by atoms with van der Waals surface area (Å²) >= 11 is 3.45. The third-order valence-corrected chi connectivity index (χ3v) is 3.00. The molecule has 2 N–H and O–H groups in total. The van der Waals surface area contributed by atoms with Gasteiger partial charge in [-0.1, -0.05) is 6.07 Å². The van der Waals surface area contributed by atoms with Crippen molar-refractivity contribution in [1.29, 1.82) is 0 Å². The highest BCUT2D eigenvalue weighted by molar-refractivity contribution is 9.10. The highest BCUT2D eigenvalue weighted by atomic mass is 79.9. The van der Waals surface area contributed by atoms with Crippen molar-refractivity contribution in [2.24, 2.45) is 5.73 Å². The predicted molar refractivity (Wildman–Crippen MR) is 62.5 cm³/mol. The zero-order valence-electron chi connectivity index (χ0n) is 8.46. The Labute approximate surface area is 97.7 Å². The van der Waals surface area contributed by atoms with Crippen LogP contribution in [0.5, 0.6) is 11.5 Å². The average molecular weight is 272 g/mol. The Morgan fingerprint density at radius 1 is 1.20 bits per heavy atom. The summed E-state index contributed by atoms with van der Waals surface area (Å²) in [7, 11) is 0. The molecule has 0 spiro atoms. The third-order valence-electron chi connectivity index (χ3n) is 2.37. The summed E-state index contributed by atoms with van der Waals surface area (Å²) in [6.07, 6.45) is 1.91. The molecule has 0 fully saturated rings. The van der Waals surface area contributed by atoms with Crippen LogP contribution in [0.4, 0.5) is 0 Å². The van der Waals surface area contributed by atoms with E-state index in [-0.39, 0.29) is 0 Å². The Morgan fingerprint density at radius 3 is 2.67 bits per heavy atom. The SMILES string of the molecule is NCCCc1ccc(Br)c2c1OCCO2. The summed E-state index contributed by atoms with van der Waals surface area (Å²) in [5, 5.41) is 0. The fourth-order valence-corrected chi connectivity index (χ4v) is 2.08. The molecular weight excluding hydrogens is 258 g/mol. The van der Waals surface area contributed by atoms with E-state index in [4.69, 9.17) is 15.2 Å². The minimum absolute atomic E-state index is 0.617. The summed E-state index contributed by atoms with van der Waals surface area (Å²) < 4.78 is 12.2. The van der Waals surface area contributed by atoms with E-state index in [0.717, 1.165) is 28.8 Å². The number of aryl methyl sites for hydroxylation is 1. The number of halogens is 1. The molecule has 0 aliphatic carbocycles. The zero-order valence-corrected chi connectivity index (χ0v) is 10.0. The Bertz CT molecular complexity index is 355. The monoisotopic (exact) mass is 271 g/mol. The maximum Gasteiger partial charge on any atom is 0.175 e. The molecule has 1 aliphatic heterocycles. The topological polar surface area (TPSA) is 44.5 Å². The van der Waals surface area contributed by atoms with E-state index in [1.165, 1.54) is 5.56 Å². The number of rotatable bonds is 3. The standard InChI is InChI=1S/C11H14BrNO2/c12-9-4-3-8(2-1-5-13)10-11(9)15-7-6-14-10/h3-4H,1-2,5-7,13H2. The van der Waals surface area contributed by atoms with E-state index in [9.17, 15) is 0 Å². The molecule has 1 aromatic carbocycles. The average Bonchev–Trinajstić information content (AvgIpc) is 2.29. The molecular formula is C11H14BrNO2. The van der Waals surface area contributed by atoms with Crippen LogP contribution in [-0.2, 0) is 6.42 Å². The lowest BCUT2D eigenvalue weighted by Gasteiger charge is -2.22. The number of ether oxygens (including phenoxy) is 2. The molecule has 3 nitrogen and oxygen atoms in total. The summed E-state index contributed by atoms with van der Waals surface area (Å²) in [5.41, 5.74) is 6.68. The van der Waals surface area contributed by atoms with Gasteiger partial charge in [0.25, 0.3) is 0 Å².